The summed E-state index contributed by atoms with van der Waals surface area (Å²) in [4.78, 5) is 7.65. The smallest absolute Gasteiger partial charge is 0.186 e. The fraction of sp³-hybridized carbons (Fsp3) is 0.786. The molecule has 1 rings (SSSR count). The molecule has 116 valence electrons. The van der Waals surface area contributed by atoms with Crippen molar-refractivity contribution in [1.82, 2.24) is 4.98 Å². The van der Waals surface area contributed by atoms with Gasteiger partial charge >= 0.3 is 0 Å². The molecule has 1 atom stereocenters. The lowest BCUT2D eigenvalue weighted by molar-refractivity contribution is 0.141. The van der Waals surface area contributed by atoms with Crippen LogP contribution < -0.4 is 4.90 Å². The van der Waals surface area contributed by atoms with E-state index >= 15 is 0 Å². The van der Waals surface area contributed by atoms with Crippen molar-refractivity contribution in [1.29, 1.82) is 0 Å². The van der Waals surface area contributed by atoms with Gasteiger partial charge in [-0.25, -0.2) is 4.98 Å². The van der Waals surface area contributed by atoms with E-state index in [1.165, 1.54) is 0 Å². The summed E-state index contributed by atoms with van der Waals surface area (Å²) < 4.78 is 10.8. The van der Waals surface area contributed by atoms with Crippen molar-refractivity contribution >= 4 is 16.5 Å². The lowest BCUT2D eigenvalue weighted by atomic mass is 10.3. The van der Waals surface area contributed by atoms with Crippen LogP contribution in [0.3, 0.4) is 0 Å². The predicted octanol–water partition coefficient (Wildman–Crippen LogP) is 2.38. The van der Waals surface area contributed by atoms with Crippen LogP contribution in [0.25, 0.3) is 0 Å². The van der Waals surface area contributed by atoms with Crippen LogP contribution in [0.1, 0.15) is 37.4 Å². The molecule has 0 bridgehead atoms. The largest absolute Gasteiger partial charge is 0.388 e. The summed E-state index contributed by atoms with van der Waals surface area (Å²) in [5, 5.41) is 10.7. The highest BCUT2D eigenvalue weighted by Gasteiger charge is 2.16. The molecule has 1 N–H and O–H groups in total. The van der Waals surface area contributed by atoms with Crippen molar-refractivity contribution in [3.63, 3.8) is 0 Å². The molecule has 1 unspecified atom stereocenters. The highest BCUT2D eigenvalue weighted by molar-refractivity contribution is 7.15. The van der Waals surface area contributed by atoms with Gasteiger partial charge in [0.05, 0.1) is 29.9 Å². The zero-order chi connectivity index (χ0) is 15.0. The number of aromatic nitrogens is 1. The Hall–Kier alpha value is -0.690. The standard InChI is InChI=1S/C14H26N2O3S/c1-5-18-9-7-16(8-10-19-6-2)14-15-11(3)13(20-14)12(4)17/h12,17H,5-10H2,1-4H3. The number of aliphatic hydroxyl groups excluding tert-OH is 1. The van der Waals surface area contributed by atoms with Crippen LogP contribution in [0.2, 0.25) is 0 Å². The van der Waals surface area contributed by atoms with Gasteiger partial charge in [-0.05, 0) is 27.7 Å². The number of thiazole rings is 1. The van der Waals surface area contributed by atoms with E-state index in [4.69, 9.17) is 9.47 Å². The molecule has 0 aliphatic carbocycles. The summed E-state index contributed by atoms with van der Waals surface area (Å²) in [5.41, 5.74) is 0.901. The van der Waals surface area contributed by atoms with Gasteiger partial charge in [-0.2, -0.15) is 0 Å². The Morgan fingerprint density at radius 3 is 2.15 bits per heavy atom. The minimum atomic E-state index is -0.470. The first-order valence-electron chi connectivity index (χ1n) is 7.15. The van der Waals surface area contributed by atoms with Gasteiger partial charge in [-0.15, -0.1) is 0 Å². The molecule has 0 aromatic carbocycles. The number of rotatable bonds is 10. The first-order valence-corrected chi connectivity index (χ1v) is 7.97. The Labute approximate surface area is 125 Å². The van der Waals surface area contributed by atoms with Gasteiger partial charge in [0, 0.05) is 26.3 Å². The third-order valence-corrected chi connectivity index (χ3v) is 4.28. The van der Waals surface area contributed by atoms with Crippen molar-refractivity contribution in [3.8, 4) is 0 Å². The molecule has 0 radical (unpaired) electrons. The van der Waals surface area contributed by atoms with E-state index < -0.39 is 6.10 Å². The Kier molecular flexibility index (Phi) is 8.06. The maximum Gasteiger partial charge on any atom is 0.186 e. The summed E-state index contributed by atoms with van der Waals surface area (Å²) in [6.45, 7) is 12.0. The normalized spacial score (nSPS) is 12.7. The maximum absolute atomic E-state index is 9.73. The van der Waals surface area contributed by atoms with E-state index in [2.05, 4.69) is 9.88 Å². The molecule has 0 aliphatic heterocycles. The highest BCUT2D eigenvalue weighted by Crippen LogP contribution is 2.30. The molecule has 0 saturated heterocycles. The molecule has 0 saturated carbocycles. The average Bonchev–Trinajstić information content (AvgIpc) is 2.79. The molecule has 0 amide bonds. The number of aryl methyl sites for hydroxylation is 1. The Balaban J connectivity index is 2.71. The monoisotopic (exact) mass is 302 g/mol. The third-order valence-electron chi connectivity index (χ3n) is 2.89. The summed E-state index contributed by atoms with van der Waals surface area (Å²) in [6, 6.07) is 0. The quantitative estimate of drug-likeness (QED) is 0.673. The minimum absolute atomic E-state index is 0.470. The van der Waals surface area contributed by atoms with Crippen LogP contribution in [0.4, 0.5) is 5.13 Å². The third kappa shape index (κ3) is 5.36. The number of aliphatic hydroxyl groups is 1. The van der Waals surface area contributed by atoms with E-state index in [9.17, 15) is 5.11 Å². The van der Waals surface area contributed by atoms with Crippen molar-refractivity contribution in [2.24, 2.45) is 0 Å². The molecule has 1 heterocycles. The number of hydrogen-bond acceptors (Lipinski definition) is 6. The van der Waals surface area contributed by atoms with E-state index in [0.29, 0.717) is 13.2 Å². The summed E-state index contributed by atoms with van der Waals surface area (Å²) in [6.07, 6.45) is -0.470. The van der Waals surface area contributed by atoms with E-state index in [1.807, 2.05) is 20.8 Å². The van der Waals surface area contributed by atoms with Gasteiger partial charge in [0.1, 0.15) is 0 Å². The van der Waals surface area contributed by atoms with E-state index in [1.54, 1.807) is 18.3 Å². The molecule has 1 aromatic heterocycles. The fourth-order valence-electron chi connectivity index (χ4n) is 1.86. The molecule has 5 nitrogen and oxygen atoms in total. The molecule has 20 heavy (non-hydrogen) atoms. The second-order valence-corrected chi connectivity index (χ2v) is 5.51. The molecule has 0 spiro atoms. The fourth-order valence-corrected chi connectivity index (χ4v) is 2.91. The average molecular weight is 302 g/mol. The number of hydrogen-bond donors (Lipinski definition) is 1. The molecule has 0 aliphatic rings. The van der Waals surface area contributed by atoms with Crippen molar-refractivity contribution < 1.29 is 14.6 Å². The number of ether oxygens (including phenoxy) is 2. The van der Waals surface area contributed by atoms with Crippen LogP contribution in [-0.4, -0.2) is 49.6 Å². The Morgan fingerprint density at radius 1 is 1.20 bits per heavy atom. The Morgan fingerprint density at radius 2 is 1.75 bits per heavy atom. The van der Waals surface area contributed by atoms with Crippen LogP contribution in [-0.2, 0) is 9.47 Å². The second-order valence-electron chi connectivity index (χ2n) is 4.50. The van der Waals surface area contributed by atoms with Gasteiger partial charge in [0.2, 0.25) is 0 Å². The van der Waals surface area contributed by atoms with Gasteiger partial charge in [-0.1, -0.05) is 11.3 Å². The van der Waals surface area contributed by atoms with Crippen LogP contribution in [0.15, 0.2) is 0 Å². The molecular formula is C14H26N2O3S. The van der Waals surface area contributed by atoms with Crippen molar-refractivity contribution in [2.75, 3.05) is 44.4 Å². The maximum atomic E-state index is 9.73. The van der Waals surface area contributed by atoms with Crippen LogP contribution >= 0.6 is 11.3 Å². The van der Waals surface area contributed by atoms with Gasteiger partial charge in [0.25, 0.3) is 0 Å². The first kappa shape index (κ1) is 17.4. The molecular weight excluding hydrogens is 276 g/mol. The summed E-state index contributed by atoms with van der Waals surface area (Å²) in [7, 11) is 0. The lowest BCUT2D eigenvalue weighted by Gasteiger charge is -2.21. The van der Waals surface area contributed by atoms with Crippen LogP contribution in [0.5, 0.6) is 0 Å². The summed E-state index contributed by atoms with van der Waals surface area (Å²) >= 11 is 1.55. The number of anilines is 1. The SMILES string of the molecule is CCOCCN(CCOCC)c1nc(C)c(C(C)O)s1. The van der Waals surface area contributed by atoms with Gasteiger partial charge < -0.3 is 19.5 Å². The molecule has 0 fully saturated rings. The highest BCUT2D eigenvalue weighted by atomic mass is 32.1. The van der Waals surface area contributed by atoms with Gasteiger partial charge in [0.15, 0.2) is 5.13 Å². The number of nitrogens with zero attached hydrogens (tertiary/aromatic N) is 2. The van der Waals surface area contributed by atoms with E-state index in [-0.39, 0.29) is 0 Å². The zero-order valence-electron chi connectivity index (χ0n) is 12.9. The molecule has 6 heteroatoms. The Bertz CT molecular complexity index is 372. The van der Waals surface area contributed by atoms with Crippen molar-refractivity contribution in [2.45, 2.75) is 33.8 Å². The van der Waals surface area contributed by atoms with E-state index in [0.717, 1.165) is 42.0 Å². The van der Waals surface area contributed by atoms with Crippen molar-refractivity contribution in [3.05, 3.63) is 10.6 Å². The topological polar surface area (TPSA) is 54.8 Å². The van der Waals surface area contributed by atoms with Gasteiger partial charge in [-0.3, -0.25) is 0 Å². The lowest BCUT2D eigenvalue weighted by Crippen LogP contribution is -2.31. The zero-order valence-corrected chi connectivity index (χ0v) is 13.7. The summed E-state index contributed by atoms with van der Waals surface area (Å²) in [5.74, 6) is 0. The second kappa shape index (κ2) is 9.28. The first-order chi connectivity index (χ1) is 9.60. The molecule has 1 aromatic rings. The minimum Gasteiger partial charge on any atom is -0.388 e. The predicted molar refractivity (Wildman–Crippen MR) is 82.7 cm³/mol. The van der Waals surface area contributed by atoms with Crippen LogP contribution in [0, 0.1) is 6.92 Å².